The Morgan fingerprint density at radius 3 is 1.42 bits per heavy atom. The van der Waals surface area contributed by atoms with Crippen LogP contribution >= 0.6 is 10.4 Å². The Bertz CT molecular complexity index is 148. The van der Waals surface area contributed by atoms with Gasteiger partial charge >= 0.3 is 0 Å². The van der Waals surface area contributed by atoms with Crippen LogP contribution in [0.5, 0.6) is 0 Å². The lowest BCUT2D eigenvalue weighted by atomic mass is 10.0. The molecular formula is C10H23FS. The average Bonchev–Trinajstić information content (AvgIpc) is 1.52. The molecule has 0 aromatic rings. The molecule has 0 saturated carbocycles. The van der Waals surface area contributed by atoms with Crippen LogP contribution in [0.25, 0.3) is 0 Å². The molecule has 0 saturated heterocycles. The standard InChI is InChI=1S/C10H23FS/c1-9(2,3)8-12(7,11)10(4,5)6/h8H2,1-7H3. The molecule has 0 fully saturated rings. The second-order valence-corrected chi connectivity index (χ2v) is 9.26. The molecule has 0 bridgehead atoms. The maximum Gasteiger partial charge on any atom is 0.0175 e. The van der Waals surface area contributed by atoms with Gasteiger partial charge in [-0.05, 0) is 11.7 Å². The van der Waals surface area contributed by atoms with Crippen molar-refractivity contribution in [1.29, 1.82) is 0 Å². The van der Waals surface area contributed by atoms with Crippen molar-refractivity contribution in [2.75, 3.05) is 12.0 Å². The summed E-state index contributed by atoms with van der Waals surface area (Å²) in [4.78, 5) is 0. The summed E-state index contributed by atoms with van der Waals surface area (Å²) in [5.41, 5.74) is 0.103. The van der Waals surface area contributed by atoms with E-state index in [2.05, 4.69) is 20.8 Å². The first-order chi connectivity index (χ1) is 4.96. The van der Waals surface area contributed by atoms with Gasteiger partial charge < -0.3 is 0 Å². The zero-order valence-corrected chi connectivity index (χ0v) is 10.3. The average molecular weight is 194 g/mol. The summed E-state index contributed by atoms with van der Waals surface area (Å²) >= 11 is 0. The molecule has 1 unspecified atom stereocenters. The first-order valence-electron chi connectivity index (χ1n) is 4.41. The smallest absolute Gasteiger partial charge is 0.0175 e. The molecule has 0 heterocycles. The summed E-state index contributed by atoms with van der Waals surface area (Å²) in [5, 5.41) is 0. The highest BCUT2D eigenvalue weighted by Crippen LogP contribution is 2.60. The molecule has 0 aliphatic carbocycles. The van der Waals surface area contributed by atoms with Gasteiger partial charge in [-0.15, -0.1) is 0 Å². The molecule has 0 nitrogen and oxygen atoms in total. The maximum absolute atomic E-state index is 14.2. The monoisotopic (exact) mass is 194 g/mol. The van der Waals surface area contributed by atoms with Crippen LogP contribution < -0.4 is 0 Å². The van der Waals surface area contributed by atoms with Crippen molar-refractivity contribution < 1.29 is 3.89 Å². The Morgan fingerprint density at radius 1 is 1.00 bits per heavy atom. The molecule has 0 aliphatic heterocycles. The minimum absolute atomic E-state index is 0.103. The van der Waals surface area contributed by atoms with Crippen LogP contribution in [0, 0.1) is 5.41 Å². The van der Waals surface area contributed by atoms with Gasteiger partial charge in [0.05, 0.1) is 0 Å². The SMILES string of the molecule is CC(C)(C)CS(C)(F)C(C)(C)C. The third kappa shape index (κ3) is 3.79. The van der Waals surface area contributed by atoms with Gasteiger partial charge in [-0.1, -0.05) is 52.0 Å². The van der Waals surface area contributed by atoms with Crippen LogP contribution in [0.3, 0.4) is 0 Å². The van der Waals surface area contributed by atoms with Crippen LogP contribution in [-0.4, -0.2) is 16.8 Å². The van der Waals surface area contributed by atoms with E-state index in [9.17, 15) is 3.89 Å². The van der Waals surface area contributed by atoms with E-state index < -0.39 is 10.4 Å². The summed E-state index contributed by atoms with van der Waals surface area (Å²) in [5.74, 6) is 0.698. The van der Waals surface area contributed by atoms with Crippen molar-refractivity contribution in [1.82, 2.24) is 0 Å². The highest BCUT2D eigenvalue weighted by atomic mass is 32.3. The molecule has 0 spiro atoms. The van der Waals surface area contributed by atoms with Crippen LogP contribution in [0.15, 0.2) is 0 Å². The van der Waals surface area contributed by atoms with E-state index in [1.165, 1.54) is 0 Å². The Balaban J connectivity index is 4.44. The normalized spacial score (nSPS) is 21.7. The van der Waals surface area contributed by atoms with Gasteiger partial charge in [0.15, 0.2) is 0 Å². The van der Waals surface area contributed by atoms with E-state index in [0.717, 1.165) is 0 Å². The van der Waals surface area contributed by atoms with Crippen molar-refractivity contribution >= 4 is 10.4 Å². The Hall–Kier alpha value is 0.280. The minimum Gasteiger partial charge on any atom is -0.189 e. The lowest BCUT2D eigenvalue weighted by Crippen LogP contribution is -2.28. The zero-order valence-electron chi connectivity index (χ0n) is 9.49. The van der Waals surface area contributed by atoms with Crippen molar-refractivity contribution in [2.24, 2.45) is 5.41 Å². The van der Waals surface area contributed by atoms with Gasteiger partial charge in [0.25, 0.3) is 0 Å². The number of rotatable bonds is 1. The van der Waals surface area contributed by atoms with Crippen LogP contribution in [0.4, 0.5) is 3.89 Å². The van der Waals surface area contributed by atoms with Crippen LogP contribution in [0.1, 0.15) is 41.5 Å². The van der Waals surface area contributed by atoms with Gasteiger partial charge in [0.2, 0.25) is 0 Å². The third-order valence-electron chi connectivity index (χ3n) is 1.98. The van der Waals surface area contributed by atoms with E-state index in [1.54, 1.807) is 6.26 Å². The second kappa shape index (κ2) is 3.21. The fourth-order valence-electron chi connectivity index (χ4n) is 1.03. The molecule has 0 N–H and O–H groups in total. The summed E-state index contributed by atoms with van der Waals surface area (Å²) < 4.78 is 14.0. The first-order valence-corrected chi connectivity index (χ1v) is 6.52. The van der Waals surface area contributed by atoms with Gasteiger partial charge in [0, 0.05) is 10.5 Å². The molecule has 2 heteroatoms. The molecular weight excluding hydrogens is 171 g/mol. The molecule has 12 heavy (non-hydrogen) atoms. The van der Waals surface area contributed by atoms with E-state index in [0.29, 0.717) is 5.75 Å². The zero-order chi connectivity index (χ0) is 10.2. The summed E-state index contributed by atoms with van der Waals surface area (Å²) in [6, 6.07) is 0. The number of hydrogen-bond acceptors (Lipinski definition) is 0. The van der Waals surface area contributed by atoms with Crippen molar-refractivity contribution in [3.8, 4) is 0 Å². The Kier molecular flexibility index (Phi) is 3.28. The quantitative estimate of drug-likeness (QED) is 0.588. The first kappa shape index (κ1) is 12.3. The number of halogens is 1. The molecule has 0 aromatic heterocycles. The van der Waals surface area contributed by atoms with Gasteiger partial charge in [-0.25, -0.2) is 0 Å². The summed E-state index contributed by atoms with van der Waals surface area (Å²) in [6.45, 7) is 12.3. The van der Waals surface area contributed by atoms with Gasteiger partial charge in [-0.2, -0.15) is 3.89 Å². The van der Waals surface area contributed by atoms with E-state index in [-0.39, 0.29) is 10.2 Å². The predicted octanol–water partition coefficient (Wildman–Crippen LogP) is 4.15. The van der Waals surface area contributed by atoms with E-state index in [4.69, 9.17) is 0 Å². The highest BCUT2D eigenvalue weighted by molar-refractivity contribution is 8.30. The molecule has 0 aromatic carbocycles. The Labute approximate surface area is 78.5 Å². The number of hydrogen-bond donors (Lipinski definition) is 0. The van der Waals surface area contributed by atoms with Gasteiger partial charge in [0.1, 0.15) is 0 Å². The third-order valence-corrected chi connectivity index (χ3v) is 5.94. The molecule has 76 valence electrons. The summed E-state index contributed by atoms with van der Waals surface area (Å²) in [7, 11) is -1.96. The van der Waals surface area contributed by atoms with E-state index >= 15 is 0 Å². The predicted molar refractivity (Wildman–Crippen MR) is 58.7 cm³/mol. The fourth-order valence-corrected chi connectivity index (χ4v) is 3.09. The van der Waals surface area contributed by atoms with Crippen LogP contribution in [0.2, 0.25) is 0 Å². The highest BCUT2D eigenvalue weighted by Gasteiger charge is 2.35. The van der Waals surface area contributed by atoms with Crippen molar-refractivity contribution in [3.05, 3.63) is 0 Å². The van der Waals surface area contributed by atoms with Crippen molar-refractivity contribution in [2.45, 2.75) is 46.3 Å². The minimum atomic E-state index is -1.96. The Morgan fingerprint density at radius 2 is 1.33 bits per heavy atom. The van der Waals surface area contributed by atoms with Crippen LogP contribution in [-0.2, 0) is 0 Å². The lowest BCUT2D eigenvalue weighted by molar-refractivity contribution is 0.468. The fraction of sp³-hybridized carbons (Fsp3) is 1.00. The summed E-state index contributed by atoms with van der Waals surface area (Å²) in [6.07, 6.45) is 1.79. The molecule has 0 amide bonds. The van der Waals surface area contributed by atoms with E-state index in [1.807, 2.05) is 20.8 Å². The van der Waals surface area contributed by atoms with Crippen molar-refractivity contribution in [3.63, 3.8) is 0 Å². The van der Waals surface area contributed by atoms with Gasteiger partial charge in [-0.3, -0.25) is 0 Å². The topological polar surface area (TPSA) is 0 Å². The molecule has 0 aliphatic rings. The second-order valence-electron chi connectivity index (χ2n) is 5.80. The lowest BCUT2D eigenvalue weighted by Gasteiger charge is -2.43. The molecule has 1 atom stereocenters. The molecule has 0 rings (SSSR count). The molecule has 0 radical (unpaired) electrons. The largest absolute Gasteiger partial charge is 0.189 e. The maximum atomic E-state index is 14.2.